The molecule has 3 heteroatoms. The van der Waals surface area contributed by atoms with Crippen LogP contribution >= 0.6 is 22.6 Å². The monoisotopic (exact) mass is 182 g/mol. The average Bonchev–Trinajstić information content (AvgIpc) is 1.41. The molecule has 0 aromatic heterocycles. The van der Waals surface area contributed by atoms with Gasteiger partial charge in [0, 0.05) is 6.72 Å². The molecule has 0 amide bonds. The first kappa shape index (κ1) is 5.07. The topological polar surface area (TPSA) is 24.7 Å². The van der Waals surface area contributed by atoms with E-state index in [4.69, 9.17) is 0 Å². The molecule has 0 bridgehead atoms. The van der Waals surface area contributed by atoms with Crippen molar-refractivity contribution in [2.75, 3.05) is 0 Å². The standard InChI is InChI=1S/C2H3IN2/c1-4-5-2-3/h2H,1H2/b5-2+. The smallest absolute Gasteiger partial charge is 0.0878 e. The minimum Gasteiger partial charge on any atom is -0.167 e. The molecule has 0 N–H and O–H groups in total. The van der Waals surface area contributed by atoms with Gasteiger partial charge in [0.05, 0.1) is 4.22 Å². The molecule has 0 atom stereocenters. The van der Waals surface area contributed by atoms with Crippen LogP contribution in [0.25, 0.3) is 0 Å². The minimum absolute atomic E-state index is 1.55. The summed E-state index contributed by atoms with van der Waals surface area (Å²) in [6.07, 6.45) is 0. The van der Waals surface area contributed by atoms with Crippen molar-refractivity contribution in [2.45, 2.75) is 0 Å². The molecule has 0 fully saturated rings. The highest BCUT2D eigenvalue weighted by Gasteiger charge is 1.43. The fraction of sp³-hybridized carbons (Fsp3) is 0. The maximum absolute atomic E-state index is 3.35. The SMILES string of the molecule is C=N/N=C/I. The maximum Gasteiger partial charge on any atom is 0.0878 e. The Morgan fingerprint density at radius 1 is 1.80 bits per heavy atom. The predicted molar refractivity (Wildman–Crippen MR) is 32.1 cm³/mol. The molecule has 0 aliphatic heterocycles. The van der Waals surface area contributed by atoms with Crippen molar-refractivity contribution in [3.63, 3.8) is 0 Å². The number of nitrogens with zero attached hydrogens (tertiary/aromatic N) is 2. The second-order valence-electron chi connectivity index (χ2n) is 0.354. The van der Waals surface area contributed by atoms with Crippen LogP contribution < -0.4 is 0 Å². The van der Waals surface area contributed by atoms with E-state index in [1.807, 2.05) is 22.6 Å². The van der Waals surface area contributed by atoms with Gasteiger partial charge in [0.25, 0.3) is 0 Å². The van der Waals surface area contributed by atoms with Crippen LogP contribution in [0.15, 0.2) is 10.2 Å². The van der Waals surface area contributed by atoms with Crippen molar-refractivity contribution in [1.29, 1.82) is 0 Å². The van der Waals surface area contributed by atoms with Crippen molar-refractivity contribution < 1.29 is 0 Å². The highest BCUT2D eigenvalue weighted by Crippen LogP contribution is 1.69. The van der Waals surface area contributed by atoms with E-state index >= 15 is 0 Å². The lowest BCUT2D eigenvalue weighted by Gasteiger charge is -1.57. The summed E-state index contributed by atoms with van der Waals surface area (Å²) in [6.45, 7) is 3.10. The average molecular weight is 182 g/mol. The van der Waals surface area contributed by atoms with Gasteiger partial charge < -0.3 is 0 Å². The van der Waals surface area contributed by atoms with E-state index in [0.29, 0.717) is 0 Å². The maximum atomic E-state index is 3.35. The Labute approximate surface area is 44.1 Å². The second kappa shape index (κ2) is 4.07. The minimum atomic E-state index is 1.55. The Bertz CT molecular complexity index is 49.6. The van der Waals surface area contributed by atoms with Gasteiger partial charge in [-0.3, -0.25) is 0 Å². The molecular formula is C2H3IN2. The van der Waals surface area contributed by atoms with Crippen molar-refractivity contribution in [1.82, 2.24) is 0 Å². The Morgan fingerprint density at radius 2 is 2.40 bits per heavy atom. The van der Waals surface area contributed by atoms with E-state index in [0.717, 1.165) is 0 Å². The van der Waals surface area contributed by atoms with E-state index in [1.54, 1.807) is 4.22 Å². The molecule has 2 nitrogen and oxygen atoms in total. The van der Waals surface area contributed by atoms with Gasteiger partial charge >= 0.3 is 0 Å². The summed E-state index contributed by atoms with van der Waals surface area (Å²) in [5, 5.41) is 6.51. The number of halogens is 1. The fourth-order valence-electron chi connectivity index (χ4n) is 0.0309. The van der Waals surface area contributed by atoms with E-state index in [9.17, 15) is 0 Å². The normalized spacial score (nSPS) is 9.00. The summed E-state index contributed by atoms with van der Waals surface area (Å²) in [4.78, 5) is 0. The lowest BCUT2D eigenvalue weighted by Crippen LogP contribution is -1.41. The van der Waals surface area contributed by atoms with Gasteiger partial charge in [-0.15, -0.1) is 0 Å². The third-order valence-electron chi connectivity index (χ3n) is 0.125. The van der Waals surface area contributed by atoms with Crippen LogP contribution in [0.4, 0.5) is 0 Å². The lowest BCUT2D eigenvalue weighted by molar-refractivity contribution is 1.29. The Balaban J connectivity index is 2.92. The van der Waals surface area contributed by atoms with Gasteiger partial charge in [-0.25, -0.2) is 0 Å². The molecule has 0 unspecified atom stereocenters. The zero-order valence-corrected chi connectivity index (χ0v) is 4.71. The molecule has 0 heterocycles. The van der Waals surface area contributed by atoms with Crippen LogP contribution in [0.3, 0.4) is 0 Å². The van der Waals surface area contributed by atoms with Crippen LogP contribution in [0.2, 0.25) is 0 Å². The van der Waals surface area contributed by atoms with Crippen molar-refractivity contribution in [3.8, 4) is 0 Å². The molecule has 0 aliphatic carbocycles. The zero-order valence-electron chi connectivity index (χ0n) is 2.56. The summed E-state index contributed by atoms with van der Waals surface area (Å²) in [6, 6.07) is 0. The molecule has 0 rings (SSSR count). The highest BCUT2D eigenvalue weighted by atomic mass is 127. The first-order valence-corrected chi connectivity index (χ1v) is 2.24. The largest absolute Gasteiger partial charge is 0.167 e. The Morgan fingerprint density at radius 3 is 2.40 bits per heavy atom. The fourth-order valence-corrected chi connectivity index (χ4v) is 0.207. The quantitative estimate of drug-likeness (QED) is 0.329. The summed E-state index contributed by atoms with van der Waals surface area (Å²) < 4.78 is 1.55. The van der Waals surface area contributed by atoms with Gasteiger partial charge in [-0.1, -0.05) is 0 Å². The van der Waals surface area contributed by atoms with Crippen LogP contribution in [0.1, 0.15) is 0 Å². The molecule has 0 spiro atoms. The third-order valence-corrected chi connectivity index (χ3v) is 0.374. The summed E-state index contributed by atoms with van der Waals surface area (Å²) in [5.74, 6) is 0. The molecule has 0 aromatic rings. The van der Waals surface area contributed by atoms with Gasteiger partial charge in [0.2, 0.25) is 0 Å². The highest BCUT2D eigenvalue weighted by molar-refractivity contribution is 14.1. The first-order valence-electron chi connectivity index (χ1n) is 0.993. The first-order chi connectivity index (χ1) is 2.41. The van der Waals surface area contributed by atoms with Gasteiger partial charge in [-0.05, 0) is 22.6 Å². The molecular weight excluding hydrogens is 179 g/mol. The molecule has 0 saturated heterocycles. The molecule has 28 valence electrons. The number of rotatable bonds is 1. The molecule has 0 radical (unpaired) electrons. The van der Waals surface area contributed by atoms with Crippen LogP contribution in [-0.4, -0.2) is 10.9 Å². The molecule has 5 heavy (non-hydrogen) atoms. The molecule has 0 aromatic carbocycles. The number of hydrogen-bond donors (Lipinski definition) is 0. The van der Waals surface area contributed by atoms with Crippen molar-refractivity contribution >= 4 is 33.5 Å². The predicted octanol–water partition coefficient (Wildman–Crippen LogP) is 1.07. The zero-order chi connectivity index (χ0) is 4.12. The van der Waals surface area contributed by atoms with Crippen LogP contribution in [-0.2, 0) is 0 Å². The Kier molecular flexibility index (Phi) is 4.13. The van der Waals surface area contributed by atoms with Gasteiger partial charge in [0.15, 0.2) is 0 Å². The summed E-state index contributed by atoms with van der Waals surface area (Å²) in [7, 11) is 0. The van der Waals surface area contributed by atoms with Crippen LogP contribution in [0.5, 0.6) is 0 Å². The van der Waals surface area contributed by atoms with Crippen molar-refractivity contribution in [2.24, 2.45) is 10.2 Å². The van der Waals surface area contributed by atoms with E-state index in [2.05, 4.69) is 16.9 Å². The number of hydrogen-bond acceptors (Lipinski definition) is 2. The Hall–Kier alpha value is 0.0700. The second-order valence-corrected chi connectivity index (χ2v) is 0.912. The van der Waals surface area contributed by atoms with E-state index in [-0.39, 0.29) is 0 Å². The lowest BCUT2D eigenvalue weighted by atomic mass is 11.6. The van der Waals surface area contributed by atoms with Gasteiger partial charge in [0.1, 0.15) is 0 Å². The van der Waals surface area contributed by atoms with Crippen LogP contribution in [0, 0.1) is 0 Å². The third kappa shape index (κ3) is 4.07. The summed E-state index contributed by atoms with van der Waals surface area (Å²) in [5.41, 5.74) is 0. The molecule has 0 aliphatic rings. The summed E-state index contributed by atoms with van der Waals surface area (Å²) >= 11 is 1.96. The van der Waals surface area contributed by atoms with Crippen molar-refractivity contribution in [3.05, 3.63) is 0 Å². The van der Waals surface area contributed by atoms with E-state index < -0.39 is 0 Å². The molecule has 0 saturated carbocycles. The van der Waals surface area contributed by atoms with E-state index in [1.165, 1.54) is 0 Å². The van der Waals surface area contributed by atoms with Gasteiger partial charge in [-0.2, -0.15) is 10.2 Å².